The van der Waals surface area contributed by atoms with Crippen molar-refractivity contribution in [3.63, 3.8) is 0 Å². The lowest BCUT2D eigenvalue weighted by molar-refractivity contribution is 0.0922. The minimum absolute atomic E-state index is 0.113. The number of hydrogen-bond donors (Lipinski definition) is 1. The lowest BCUT2D eigenvalue weighted by Crippen LogP contribution is -2.39. The predicted octanol–water partition coefficient (Wildman–Crippen LogP) is 1.23. The van der Waals surface area contributed by atoms with Crippen LogP contribution in [0.15, 0.2) is 10.6 Å². The Bertz CT molecular complexity index is 453. The predicted molar refractivity (Wildman–Crippen MR) is 66.4 cm³/mol. The monoisotopic (exact) mass is 249 g/mol. The molecule has 1 saturated heterocycles. The fraction of sp³-hybridized carbons (Fsp3) is 0.692. The lowest BCUT2D eigenvalue weighted by atomic mass is 10.1. The molecule has 1 saturated carbocycles. The van der Waals surface area contributed by atoms with Gasteiger partial charge in [0.1, 0.15) is 5.76 Å². The molecule has 1 aliphatic carbocycles. The number of likely N-dealkylation sites (tertiary alicyclic amines) is 1. The minimum Gasteiger partial charge on any atom is -0.360 e. The number of amides is 1. The Kier molecular flexibility index (Phi) is 2.86. The second-order valence-electron chi connectivity index (χ2n) is 5.67. The first-order valence-electron chi connectivity index (χ1n) is 6.59. The molecule has 3 rings (SSSR count). The number of aromatic nitrogens is 1. The van der Waals surface area contributed by atoms with Gasteiger partial charge >= 0.3 is 0 Å². The summed E-state index contributed by atoms with van der Waals surface area (Å²) in [4.78, 5) is 14.3. The van der Waals surface area contributed by atoms with E-state index in [1.54, 1.807) is 6.07 Å². The number of carbonyl (C=O) groups is 1. The summed E-state index contributed by atoms with van der Waals surface area (Å²) < 4.78 is 5.20. The molecule has 2 heterocycles. The minimum atomic E-state index is -0.113. The van der Waals surface area contributed by atoms with Gasteiger partial charge in [-0.05, 0) is 25.8 Å². The second-order valence-corrected chi connectivity index (χ2v) is 5.67. The van der Waals surface area contributed by atoms with Crippen molar-refractivity contribution in [2.24, 2.45) is 5.92 Å². The second kappa shape index (κ2) is 4.39. The largest absolute Gasteiger partial charge is 0.360 e. The van der Waals surface area contributed by atoms with Gasteiger partial charge in [-0.2, -0.15) is 0 Å². The Morgan fingerprint density at radius 1 is 1.50 bits per heavy atom. The highest BCUT2D eigenvalue weighted by molar-refractivity contribution is 5.92. The maximum atomic E-state index is 12.1. The highest BCUT2D eigenvalue weighted by Gasteiger charge is 2.31. The van der Waals surface area contributed by atoms with E-state index >= 15 is 0 Å². The van der Waals surface area contributed by atoms with Gasteiger partial charge in [0, 0.05) is 31.1 Å². The van der Waals surface area contributed by atoms with Gasteiger partial charge in [-0.25, -0.2) is 0 Å². The molecule has 2 fully saturated rings. The normalized spacial score (nSPS) is 28.6. The zero-order valence-electron chi connectivity index (χ0n) is 10.8. The fourth-order valence-electron chi connectivity index (χ4n) is 2.60. The van der Waals surface area contributed by atoms with Crippen molar-refractivity contribution in [3.8, 4) is 0 Å². The molecule has 5 heteroatoms. The van der Waals surface area contributed by atoms with Gasteiger partial charge in [0.15, 0.2) is 5.69 Å². The highest BCUT2D eigenvalue weighted by atomic mass is 16.5. The number of rotatable bonds is 3. The van der Waals surface area contributed by atoms with Crippen LogP contribution in [0.5, 0.6) is 0 Å². The average Bonchev–Trinajstić information content (AvgIpc) is 2.96. The fourth-order valence-corrected chi connectivity index (χ4v) is 2.60. The molecule has 1 amide bonds. The summed E-state index contributed by atoms with van der Waals surface area (Å²) in [5.41, 5.74) is 0.415. The summed E-state index contributed by atoms with van der Waals surface area (Å²) in [5, 5.41) is 6.91. The number of hydrogen-bond acceptors (Lipinski definition) is 4. The molecule has 2 aliphatic rings. The van der Waals surface area contributed by atoms with Gasteiger partial charge in [-0.1, -0.05) is 12.1 Å². The summed E-state index contributed by atoms with van der Waals surface area (Å²) in [6, 6.07) is 2.00. The number of likely N-dealkylation sites (N-methyl/N-ethyl adjacent to an activating group) is 1. The zero-order chi connectivity index (χ0) is 12.7. The first-order chi connectivity index (χ1) is 8.63. The van der Waals surface area contributed by atoms with Crippen molar-refractivity contribution in [3.05, 3.63) is 17.5 Å². The third-order valence-electron chi connectivity index (χ3n) is 3.85. The first kappa shape index (κ1) is 11.7. The molecule has 1 N–H and O–H groups in total. The highest BCUT2D eigenvalue weighted by Crippen LogP contribution is 2.40. The molecule has 1 aromatic rings. The molecule has 1 unspecified atom stereocenters. The van der Waals surface area contributed by atoms with Crippen molar-refractivity contribution >= 4 is 5.91 Å². The lowest BCUT2D eigenvalue weighted by Gasteiger charge is -2.15. The Labute approximate surface area is 107 Å². The van der Waals surface area contributed by atoms with Crippen molar-refractivity contribution in [1.29, 1.82) is 0 Å². The van der Waals surface area contributed by atoms with Crippen LogP contribution < -0.4 is 5.32 Å². The maximum Gasteiger partial charge on any atom is 0.273 e. The van der Waals surface area contributed by atoms with Crippen molar-refractivity contribution in [2.75, 3.05) is 20.1 Å². The number of nitrogens with one attached hydrogen (secondary N) is 1. The van der Waals surface area contributed by atoms with Gasteiger partial charge < -0.3 is 14.7 Å². The van der Waals surface area contributed by atoms with Gasteiger partial charge in [0.25, 0.3) is 5.91 Å². The van der Waals surface area contributed by atoms with E-state index in [1.165, 1.54) is 0 Å². The van der Waals surface area contributed by atoms with E-state index in [1.807, 2.05) is 0 Å². The van der Waals surface area contributed by atoms with Crippen LogP contribution in [0.25, 0.3) is 0 Å². The number of nitrogens with zero attached hydrogens (tertiary/aromatic N) is 2. The van der Waals surface area contributed by atoms with E-state index in [4.69, 9.17) is 4.52 Å². The van der Waals surface area contributed by atoms with Crippen molar-refractivity contribution in [1.82, 2.24) is 15.4 Å². The summed E-state index contributed by atoms with van der Waals surface area (Å²) >= 11 is 0. The molecule has 98 valence electrons. The van der Waals surface area contributed by atoms with Gasteiger partial charge in [0.2, 0.25) is 0 Å². The van der Waals surface area contributed by atoms with Crippen LogP contribution in [-0.4, -0.2) is 42.1 Å². The van der Waals surface area contributed by atoms with Gasteiger partial charge in [-0.15, -0.1) is 0 Å². The van der Waals surface area contributed by atoms with Gasteiger partial charge in [-0.3, -0.25) is 4.79 Å². The van der Waals surface area contributed by atoms with Gasteiger partial charge in [0.05, 0.1) is 0 Å². The smallest absolute Gasteiger partial charge is 0.273 e. The molecule has 2 atom stereocenters. The average molecular weight is 249 g/mol. The summed E-state index contributed by atoms with van der Waals surface area (Å²) in [5.74, 6) is 1.72. The Morgan fingerprint density at radius 2 is 2.28 bits per heavy atom. The SMILES string of the molecule is C[C@H]1CN(C)CC1NC(=O)c1cc(C2CC2)on1. The van der Waals surface area contributed by atoms with Crippen LogP contribution in [0.2, 0.25) is 0 Å². The number of carbonyl (C=O) groups excluding carboxylic acids is 1. The summed E-state index contributed by atoms with van der Waals surface area (Å²) in [6.45, 7) is 4.09. The van der Waals surface area contributed by atoms with Crippen molar-refractivity contribution in [2.45, 2.75) is 31.7 Å². The zero-order valence-corrected chi connectivity index (χ0v) is 10.8. The van der Waals surface area contributed by atoms with Crippen LogP contribution in [0, 0.1) is 5.92 Å². The molecule has 1 aliphatic heterocycles. The molecule has 0 bridgehead atoms. The van der Waals surface area contributed by atoms with E-state index in [0.717, 1.165) is 31.7 Å². The molecular formula is C13H19N3O2. The molecule has 1 aromatic heterocycles. The van der Waals surface area contributed by atoms with E-state index < -0.39 is 0 Å². The molecule has 0 spiro atoms. The van der Waals surface area contributed by atoms with Crippen LogP contribution >= 0.6 is 0 Å². The van der Waals surface area contributed by atoms with E-state index in [9.17, 15) is 4.79 Å². The third-order valence-corrected chi connectivity index (χ3v) is 3.85. The quantitative estimate of drug-likeness (QED) is 0.875. The summed E-state index contributed by atoms with van der Waals surface area (Å²) in [6.07, 6.45) is 2.31. The van der Waals surface area contributed by atoms with Crippen LogP contribution in [0.1, 0.15) is 41.9 Å². The van der Waals surface area contributed by atoms with Crippen LogP contribution in [0.3, 0.4) is 0 Å². The first-order valence-corrected chi connectivity index (χ1v) is 6.59. The standard InChI is InChI=1S/C13H19N3O2/c1-8-6-16(2)7-11(8)14-13(17)10-5-12(18-15-10)9-3-4-9/h5,8-9,11H,3-4,6-7H2,1-2H3,(H,14,17)/t8-,11?/m0/s1. The van der Waals surface area contributed by atoms with E-state index in [2.05, 4.69) is 29.3 Å². The Balaban J connectivity index is 1.63. The molecule has 5 nitrogen and oxygen atoms in total. The summed E-state index contributed by atoms with van der Waals surface area (Å²) in [7, 11) is 2.07. The molecular weight excluding hydrogens is 230 g/mol. The van der Waals surface area contributed by atoms with E-state index in [0.29, 0.717) is 17.5 Å². The maximum absolute atomic E-state index is 12.1. The van der Waals surface area contributed by atoms with Crippen LogP contribution in [0.4, 0.5) is 0 Å². The molecule has 0 radical (unpaired) electrons. The Hall–Kier alpha value is -1.36. The molecule has 0 aromatic carbocycles. The molecule has 18 heavy (non-hydrogen) atoms. The Morgan fingerprint density at radius 3 is 2.89 bits per heavy atom. The van der Waals surface area contributed by atoms with E-state index in [-0.39, 0.29) is 11.9 Å². The van der Waals surface area contributed by atoms with Crippen LogP contribution in [-0.2, 0) is 0 Å². The topological polar surface area (TPSA) is 58.4 Å². The van der Waals surface area contributed by atoms with Crippen molar-refractivity contribution < 1.29 is 9.32 Å². The third kappa shape index (κ3) is 2.27.